The zero-order valence-electron chi connectivity index (χ0n) is 14.7. The first-order chi connectivity index (χ1) is 12.2. The summed E-state index contributed by atoms with van der Waals surface area (Å²) in [4.78, 5) is 36.1. The highest BCUT2D eigenvalue weighted by atomic mass is 32.3. The van der Waals surface area contributed by atoms with Crippen LogP contribution in [0.15, 0.2) is 35.1 Å². The van der Waals surface area contributed by atoms with Gasteiger partial charge in [-0.25, -0.2) is 0 Å². The third kappa shape index (κ3) is 4.77. The second kappa shape index (κ2) is 7.81. The zero-order valence-corrected chi connectivity index (χ0v) is 16.4. The Balaban J connectivity index is 2.49. The highest BCUT2D eigenvalue weighted by Gasteiger charge is 2.35. The fraction of sp³-hybridized carbons (Fsp3) is 0.278. The molecule has 8 heteroatoms. The predicted octanol–water partition coefficient (Wildman–Crippen LogP) is 3.70. The third-order valence-electron chi connectivity index (χ3n) is 2.96. The molecule has 1 aromatic heterocycles. The van der Waals surface area contributed by atoms with E-state index in [0.717, 1.165) is 9.78 Å². The topological polar surface area (TPSA) is 78.9 Å². The maximum Gasteiger partial charge on any atom is 0.319 e. The Bertz CT molecular complexity index is 825. The van der Waals surface area contributed by atoms with Crippen LogP contribution in [0.4, 0.5) is 0 Å². The normalized spacial score (nSPS) is 20.8. The van der Waals surface area contributed by atoms with Crippen LogP contribution in [0.25, 0.3) is 4.91 Å². The number of esters is 2. The van der Waals surface area contributed by atoms with Crippen LogP contribution in [-0.2, 0) is 28.0 Å². The lowest BCUT2D eigenvalue weighted by Crippen LogP contribution is -2.34. The van der Waals surface area contributed by atoms with Crippen molar-refractivity contribution in [3.05, 3.63) is 40.0 Å². The summed E-state index contributed by atoms with van der Waals surface area (Å²) in [6, 6.07) is 3.78. The van der Waals surface area contributed by atoms with Gasteiger partial charge in [-0.05, 0) is 22.8 Å². The number of ether oxygens (including phenoxy) is 2. The van der Waals surface area contributed by atoms with Crippen LogP contribution in [0.2, 0.25) is 0 Å². The highest BCUT2D eigenvalue weighted by Crippen LogP contribution is 2.64. The Morgan fingerprint density at radius 1 is 1.12 bits per heavy atom. The molecule has 1 aliphatic rings. The van der Waals surface area contributed by atoms with E-state index in [1.807, 2.05) is 23.6 Å². The molecule has 0 aromatic carbocycles. The molecule has 0 spiro atoms. The van der Waals surface area contributed by atoms with Crippen LogP contribution in [0.3, 0.4) is 0 Å². The van der Waals surface area contributed by atoms with Gasteiger partial charge >= 0.3 is 23.7 Å². The molecule has 0 saturated carbocycles. The van der Waals surface area contributed by atoms with Gasteiger partial charge in [0.1, 0.15) is 0 Å². The van der Waals surface area contributed by atoms with Crippen molar-refractivity contribution in [2.75, 3.05) is 0 Å². The highest BCUT2D eigenvalue weighted by molar-refractivity contribution is 8.43. The van der Waals surface area contributed by atoms with Crippen molar-refractivity contribution in [1.29, 1.82) is 0 Å². The fourth-order valence-corrected chi connectivity index (χ4v) is 5.55. The van der Waals surface area contributed by atoms with E-state index in [1.165, 1.54) is 39.0 Å². The lowest BCUT2D eigenvalue weighted by molar-refractivity contribution is -0.200. The first-order valence-corrected chi connectivity index (χ1v) is 10.0. The number of allylic oxidation sites excluding steroid dienone is 2. The molecule has 138 valence electrons. The molecular formula is C18H18O6S2. The third-order valence-corrected chi connectivity index (χ3v) is 6.45. The van der Waals surface area contributed by atoms with Gasteiger partial charge in [0.05, 0.1) is 4.91 Å². The first-order valence-electron chi connectivity index (χ1n) is 7.54. The van der Waals surface area contributed by atoms with Crippen LogP contribution >= 0.6 is 21.6 Å². The lowest BCUT2D eigenvalue weighted by atomic mass is 10.3. The Morgan fingerprint density at radius 2 is 1.77 bits per heavy atom. The van der Waals surface area contributed by atoms with Crippen LogP contribution < -0.4 is 0 Å². The number of hydrogen-bond donors (Lipinski definition) is 0. The van der Waals surface area contributed by atoms with Gasteiger partial charge in [-0.3, -0.25) is 14.4 Å². The summed E-state index contributed by atoms with van der Waals surface area (Å²) in [7, 11) is -2.43. The van der Waals surface area contributed by atoms with Crippen molar-refractivity contribution in [2.45, 2.75) is 33.5 Å². The average molecular weight is 394 g/mol. The minimum atomic E-state index is -2.43. The van der Waals surface area contributed by atoms with Crippen LogP contribution in [0.5, 0.6) is 0 Å². The van der Waals surface area contributed by atoms with Crippen LogP contribution in [0, 0.1) is 11.2 Å². The second-order valence-electron chi connectivity index (χ2n) is 5.37. The molecule has 1 atom stereocenters. The van der Waals surface area contributed by atoms with Crippen molar-refractivity contribution in [3.8, 4) is 11.2 Å². The van der Waals surface area contributed by atoms with Crippen molar-refractivity contribution in [1.82, 2.24) is 0 Å². The maximum atomic E-state index is 11.7. The molecule has 6 nitrogen and oxygen atoms in total. The number of rotatable bonds is 4. The summed E-state index contributed by atoms with van der Waals surface area (Å²) in [5.74, 6) is -0.917. The standard InChI is InChI=1S/C18H18O6S2/c1-13(19)22-18(4,23-14(2)20)9-12-26(24-15(3)21)11-6-8-17(26)16-7-5-10-25-16/h5-8,10-11H,1-4H3. The lowest BCUT2D eigenvalue weighted by Gasteiger charge is -2.30. The Kier molecular flexibility index (Phi) is 5.95. The van der Waals surface area contributed by atoms with Crippen LogP contribution in [-0.4, -0.2) is 23.7 Å². The van der Waals surface area contributed by atoms with Crippen LogP contribution in [0.1, 0.15) is 32.6 Å². The van der Waals surface area contributed by atoms with Gasteiger partial charge in [0.25, 0.3) is 0 Å². The van der Waals surface area contributed by atoms with Gasteiger partial charge in [0.2, 0.25) is 0 Å². The van der Waals surface area contributed by atoms with E-state index in [4.69, 9.17) is 13.7 Å². The van der Waals surface area contributed by atoms with Crippen molar-refractivity contribution in [2.24, 2.45) is 0 Å². The quantitative estimate of drug-likeness (QED) is 0.440. The largest absolute Gasteiger partial charge is 0.411 e. The Labute approximate surface area is 157 Å². The SMILES string of the molecule is CC(=O)OC(C)(C#CS1(OC(C)=O)C=CC=C1c1cccs1)OC(C)=O. The molecular weight excluding hydrogens is 376 g/mol. The van der Waals surface area contributed by atoms with E-state index in [2.05, 4.69) is 11.2 Å². The van der Waals surface area contributed by atoms with Gasteiger partial charge < -0.3 is 13.7 Å². The molecule has 2 rings (SSSR count). The Morgan fingerprint density at radius 3 is 2.27 bits per heavy atom. The zero-order chi connectivity index (χ0) is 19.4. The van der Waals surface area contributed by atoms with Gasteiger partial charge in [-0.2, -0.15) is 0 Å². The van der Waals surface area contributed by atoms with E-state index < -0.39 is 34.0 Å². The van der Waals surface area contributed by atoms with Crippen molar-refractivity contribution < 1.29 is 28.0 Å². The number of carbonyl (C=O) groups is 3. The van der Waals surface area contributed by atoms with E-state index in [9.17, 15) is 14.4 Å². The summed E-state index contributed by atoms with van der Waals surface area (Å²) in [6.45, 7) is 5.03. The van der Waals surface area contributed by atoms with E-state index in [0.29, 0.717) is 0 Å². The van der Waals surface area contributed by atoms with Crippen molar-refractivity contribution in [3.63, 3.8) is 0 Å². The molecule has 0 bridgehead atoms. The monoisotopic (exact) mass is 394 g/mol. The number of carbonyl (C=O) groups excluding carboxylic acids is 3. The molecule has 2 heterocycles. The summed E-state index contributed by atoms with van der Waals surface area (Å²) < 4.78 is 15.7. The van der Waals surface area contributed by atoms with Crippen molar-refractivity contribution >= 4 is 44.5 Å². The first kappa shape index (κ1) is 19.8. The molecule has 1 aliphatic heterocycles. The van der Waals surface area contributed by atoms with Gasteiger partial charge in [-0.1, -0.05) is 12.1 Å². The van der Waals surface area contributed by atoms with E-state index in [1.54, 1.807) is 11.5 Å². The second-order valence-corrected chi connectivity index (χ2v) is 8.60. The summed E-state index contributed by atoms with van der Waals surface area (Å²) in [5, 5.41) is 6.51. The van der Waals surface area contributed by atoms with E-state index >= 15 is 0 Å². The summed E-state index contributed by atoms with van der Waals surface area (Å²) >= 11 is 1.49. The minimum Gasteiger partial charge on any atom is -0.411 e. The van der Waals surface area contributed by atoms with Gasteiger partial charge in [0, 0.05) is 54.2 Å². The van der Waals surface area contributed by atoms with Gasteiger partial charge in [0.15, 0.2) is 0 Å². The Hall–Kier alpha value is -2.50. The molecule has 26 heavy (non-hydrogen) atoms. The predicted molar refractivity (Wildman–Crippen MR) is 101 cm³/mol. The molecule has 1 unspecified atom stereocenters. The maximum absolute atomic E-state index is 11.7. The molecule has 0 N–H and O–H groups in total. The average Bonchev–Trinajstić information content (AvgIpc) is 3.12. The molecule has 0 aliphatic carbocycles. The molecule has 0 amide bonds. The fourth-order valence-electron chi connectivity index (χ4n) is 2.22. The molecule has 0 fully saturated rings. The minimum absolute atomic E-state index is 0.495. The van der Waals surface area contributed by atoms with Gasteiger partial charge in [-0.15, -0.1) is 11.3 Å². The smallest absolute Gasteiger partial charge is 0.319 e. The number of hydrogen-bond acceptors (Lipinski definition) is 7. The molecule has 0 saturated heterocycles. The summed E-state index contributed by atoms with van der Waals surface area (Å²) in [6.07, 6.45) is 3.59. The summed E-state index contributed by atoms with van der Waals surface area (Å²) in [5.41, 5.74) is 0. The molecule has 0 radical (unpaired) electrons. The number of thiophene rings is 1. The molecule has 1 aromatic rings. The van der Waals surface area contributed by atoms with E-state index in [-0.39, 0.29) is 0 Å².